The van der Waals surface area contributed by atoms with Gasteiger partial charge < -0.3 is 10.4 Å². The summed E-state index contributed by atoms with van der Waals surface area (Å²) in [5.41, 5.74) is 0.0683. The van der Waals surface area contributed by atoms with E-state index in [1.165, 1.54) is 0 Å². The Labute approximate surface area is 91.9 Å². The molecule has 0 fully saturated rings. The number of rotatable bonds is 4. The van der Waals surface area contributed by atoms with Gasteiger partial charge in [-0.1, -0.05) is 11.6 Å². The standard InChI is InChI=1S/C10H12ClF2NO/c1-6(15)2-3-14-10-8(11)4-7(12)5-9(10)13/h4-6,14-15H,2-3H2,1H3. The Morgan fingerprint density at radius 3 is 2.67 bits per heavy atom. The highest BCUT2D eigenvalue weighted by Crippen LogP contribution is 2.26. The lowest BCUT2D eigenvalue weighted by molar-refractivity contribution is 0.188. The number of hydrogen-bond acceptors (Lipinski definition) is 2. The van der Waals surface area contributed by atoms with Crippen LogP contribution in [-0.2, 0) is 0 Å². The van der Waals surface area contributed by atoms with Crippen molar-refractivity contribution in [3.8, 4) is 0 Å². The monoisotopic (exact) mass is 235 g/mol. The average Bonchev–Trinajstić information content (AvgIpc) is 2.08. The molecule has 0 amide bonds. The van der Waals surface area contributed by atoms with Gasteiger partial charge in [-0.3, -0.25) is 0 Å². The minimum Gasteiger partial charge on any atom is -0.393 e. The maximum absolute atomic E-state index is 13.2. The molecule has 1 aromatic carbocycles. The third-order valence-corrected chi connectivity index (χ3v) is 2.17. The highest BCUT2D eigenvalue weighted by molar-refractivity contribution is 6.33. The van der Waals surface area contributed by atoms with E-state index in [0.29, 0.717) is 13.0 Å². The fourth-order valence-electron chi connectivity index (χ4n) is 1.12. The molecule has 2 N–H and O–H groups in total. The molecule has 2 nitrogen and oxygen atoms in total. The summed E-state index contributed by atoms with van der Waals surface area (Å²) >= 11 is 5.65. The summed E-state index contributed by atoms with van der Waals surface area (Å²) in [5, 5.41) is 11.7. The van der Waals surface area contributed by atoms with Crippen LogP contribution >= 0.6 is 11.6 Å². The number of hydrogen-bond donors (Lipinski definition) is 2. The van der Waals surface area contributed by atoms with E-state index in [0.717, 1.165) is 12.1 Å². The molecule has 84 valence electrons. The van der Waals surface area contributed by atoms with E-state index in [1.807, 2.05) is 0 Å². The van der Waals surface area contributed by atoms with E-state index in [4.69, 9.17) is 16.7 Å². The molecule has 1 aromatic rings. The Morgan fingerprint density at radius 1 is 1.47 bits per heavy atom. The van der Waals surface area contributed by atoms with Crippen LogP contribution in [0.1, 0.15) is 13.3 Å². The highest BCUT2D eigenvalue weighted by atomic mass is 35.5. The van der Waals surface area contributed by atoms with Crippen LogP contribution in [0.25, 0.3) is 0 Å². The van der Waals surface area contributed by atoms with E-state index in [9.17, 15) is 8.78 Å². The summed E-state index contributed by atoms with van der Waals surface area (Å²) in [6.45, 7) is 2.00. The van der Waals surface area contributed by atoms with Crippen LogP contribution in [0.4, 0.5) is 14.5 Å². The van der Waals surface area contributed by atoms with E-state index < -0.39 is 17.7 Å². The number of halogens is 3. The van der Waals surface area contributed by atoms with Gasteiger partial charge >= 0.3 is 0 Å². The number of anilines is 1. The normalized spacial score (nSPS) is 12.6. The van der Waals surface area contributed by atoms with Crippen molar-refractivity contribution < 1.29 is 13.9 Å². The summed E-state index contributed by atoms with van der Waals surface area (Å²) in [4.78, 5) is 0. The lowest BCUT2D eigenvalue weighted by atomic mass is 10.2. The van der Waals surface area contributed by atoms with Crippen LogP contribution in [0.5, 0.6) is 0 Å². The first-order valence-corrected chi connectivity index (χ1v) is 4.95. The van der Waals surface area contributed by atoms with Crippen molar-refractivity contribution >= 4 is 17.3 Å². The zero-order valence-electron chi connectivity index (χ0n) is 8.23. The quantitative estimate of drug-likeness (QED) is 0.841. The van der Waals surface area contributed by atoms with Crippen molar-refractivity contribution in [3.63, 3.8) is 0 Å². The molecule has 0 radical (unpaired) electrons. The molecule has 15 heavy (non-hydrogen) atoms. The van der Waals surface area contributed by atoms with Gasteiger partial charge in [0.25, 0.3) is 0 Å². The SMILES string of the molecule is CC(O)CCNc1c(F)cc(F)cc1Cl. The minimum absolute atomic E-state index is 0.00177. The predicted molar refractivity (Wildman–Crippen MR) is 56.2 cm³/mol. The van der Waals surface area contributed by atoms with E-state index in [1.54, 1.807) is 6.92 Å². The zero-order valence-corrected chi connectivity index (χ0v) is 8.98. The van der Waals surface area contributed by atoms with Gasteiger partial charge in [-0.15, -0.1) is 0 Å². The van der Waals surface area contributed by atoms with Crippen molar-refractivity contribution in [2.24, 2.45) is 0 Å². The van der Waals surface area contributed by atoms with Gasteiger partial charge in [0.1, 0.15) is 5.82 Å². The molecular formula is C10H12ClF2NO. The first kappa shape index (κ1) is 12.2. The number of nitrogens with one attached hydrogen (secondary N) is 1. The Kier molecular flexibility index (Phi) is 4.29. The van der Waals surface area contributed by atoms with Gasteiger partial charge in [-0.25, -0.2) is 8.78 Å². The van der Waals surface area contributed by atoms with Crippen molar-refractivity contribution in [1.29, 1.82) is 0 Å². The molecule has 5 heteroatoms. The second-order valence-corrected chi connectivity index (χ2v) is 3.72. The molecule has 0 aliphatic carbocycles. The number of benzene rings is 1. The van der Waals surface area contributed by atoms with Crippen LogP contribution in [0, 0.1) is 11.6 Å². The van der Waals surface area contributed by atoms with E-state index in [-0.39, 0.29) is 10.7 Å². The van der Waals surface area contributed by atoms with Crippen LogP contribution in [0.2, 0.25) is 5.02 Å². The molecular weight excluding hydrogens is 224 g/mol. The Bertz CT molecular complexity index is 321. The molecule has 1 atom stereocenters. The largest absolute Gasteiger partial charge is 0.393 e. The number of aliphatic hydroxyl groups excluding tert-OH is 1. The highest BCUT2D eigenvalue weighted by Gasteiger charge is 2.09. The van der Waals surface area contributed by atoms with Gasteiger partial charge in [0.15, 0.2) is 5.82 Å². The Balaban J connectivity index is 2.68. The first-order chi connectivity index (χ1) is 7.00. The van der Waals surface area contributed by atoms with Crippen molar-refractivity contribution in [3.05, 3.63) is 28.8 Å². The molecule has 0 aliphatic rings. The Hall–Kier alpha value is -0.870. The van der Waals surface area contributed by atoms with E-state index >= 15 is 0 Å². The summed E-state index contributed by atoms with van der Waals surface area (Å²) in [6, 6.07) is 1.80. The van der Waals surface area contributed by atoms with Crippen LogP contribution < -0.4 is 5.32 Å². The zero-order chi connectivity index (χ0) is 11.4. The smallest absolute Gasteiger partial charge is 0.150 e. The molecule has 0 heterocycles. The van der Waals surface area contributed by atoms with Crippen LogP contribution in [0.3, 0.4) is 0 Å². The van der Waals surface area contributed by atoms with Gasteiger partial charge in [-0.2, -0.15) is 0 Å². The second-order valence-electron chi connectivity index (χ2n) is 3.31. The summed E-state index contributed by atoms with van der Waals surface area (Å²) in [5.74, 6) is -1.44. The average molecular weight is 236 g/mol. The fraction of sp³-hybridized carbons (Fsp3) is 0.400. The van der Waals surface area contributed by atoms with Crippen molar-refractivity contribution in [1.82, 2.24) is 0 Å². The van der Waals surface area contributed by atoms with Gasteiger partial charge in [0.05, 0.1) is 16.8 Å². The van der Waals surface area contributed by atoms with Crippen LogP contribution in [0.15, 0.2) is 12.1 Å². The maximum atomic E-state index is 13.2. The third kappa shape index (κ3) is 3.64. The lowest BCUT2D eigenvalue weighted by Crippen LogP contribution is -2.11. The molecule has 0 saturated heterocycles. The fourth-order valence-corrected chi connectivity index (χ4v) is 1.38. The van der Waals surface area contributed by atoms with Gasteiger partial charge in [0.2, 0.25) is 0 Å². The molecule has 0 saturated carbocycles. The van der Waals surface area contributed by atoms with Crippen LogP contribution in [-0.4, -0.2) is 17.8 Å². The van der Waals surface area contributed by atoms with Crippen molar-refractivity contribution in [2.45, 2.75) is 19.4 Å². The molecule has 0 bridgehead atoms. The first-order valence-electron chi connectivity index (χ1n) is 4.57. The third-order valence-electron chi connectivity index (χ3n) is 1.87. The van der Waals surface area contributed by atoms with Crippen molar-refractivity contribution in [2.75, 3.05) is 11.9 Å². The summed E-state index contributed by atoms with van der Waals surface area (Å²) in [6.07, 6.45) is -0.00700. The van der Waals surface area contributed by atoms with E-state index in [2.05, 4.69) is 5.32 Å². The molecule has 1 unspecified atom stereocenters. The molecule has 0 spiro atoms. The maximum Gasteiger partial charge on any atom is 0.150 e. The molecule has 0 aliphatic heterocycles. The topological polar surface area (TPSA) is 32.3 Å². The summed E-state index contributed by atoms with van der Waals surface area (Å²) in [7, 11) is 0. The predicted octanol–water partition coefficient (Wildman–Crippen LogP) is 2.80. The molecule has 1 rings (SSSR count). The minimum atomic E-state index is -0.731. The molecule has 0 aromatic heterocycles. The number of aliphatic hydroxyl groups is 1. The lowest BCUT2D eigenvalue weighted by Gasteiger charge is -2.10. The van der Waals surface area contributed by atoms with Gasteiger partial charge in [-0.05, 0) is 19.4 Å². The van der Waals surface area contributed by atoms with Gasteiger partial charge in [0, 0.05) is 12.6 Å². The Morgan fingerprint density at radius 2 is 2.13 bits per heavy atom. The second kappa shape index (κ2) is 5.28. The summed E-state index contributed by atoms with van der Waals surface area (Å²) < 4.78 is 25.9.